The number of aliphatic imine (C=N–C) groups is 1. The molecule has 39 heavy (non-hydrogen) atoms. The summed E-state index contributed by atoms with van der Waals surface area (Å²) >= 11 is 0. The first-order valence-corrected chi connectivity index (χ1v) is 11.9. The molecule has 0 saturated heterocycles. The van der Waals surface area contributed by atoms with E-state index in [1.807, 2.05) is 31.1 Å². The van der Waals surface area contributed by atoms with Gasteiger partial charge in [-0.1, -0.05) is 24.8 Å². The number of carbonyl (C=O) groups is 2. The molecular weight excluding hydrogens is 498 g/mol. The van der Waals surface area contributed by atoms with Crippen LogP contribution in [-0.2, 0) is 4.79 Å². The first-order chi connectivity index (χ1) is 18.7. The molecule has 4 aromatic rings. The summed E-state index contributed by atoms with van der Waals surface area (Å²) in [6.07, 6.45) is 0. The Bertz CT molecular complexity index is 1700. The summed E-state index contributed by atoms with van der Waals surface area (Å²) in [4.78, 5) is 46.9. The van der Waals surface area contributed by atoms with E-state index in [2.05, 4.69) is 16.7 Å². The van der Waals surface area contributed by atoms with Gasteiger partial charge >= 0.3 is 5.97 Å². The lowest BCUT2D eigenvalue weighted by Crippen LogP contribution is -2.38. The molecule has 3 aromatic carbocycles. The van der Waals surface area contributed by atoms with Crippen LogP contribution in [0.5, 0.6) is 5.75 Å². The SMILES string of the molecule is C=C1C(=Nc2ccc(N(C)C)cc2OC)C(=O)N(c2ccccc2)c2[nH]n(-c3ccc(C(=O)O)cc3)c(=O)c21. The number of nitrogens with one attached hydrogen (secondary N) is 1. The Kier molecular flexibility index (Phi) is 6.37. The van der Waals surface area contributed by atoms with Crippen molar-refractivity contribution in [3.05, 3.63) is 101 Å². The Morgan fingerprint density at radius 3 is 2.31 bits per heavy atom. The van der Waals surface area contributed by atoms with Gasteiger partial charge in [-0.25, -0.2) is 14.5 Å². The van der Waals surface area contributed by atoms with Crippen molar-refractivity contribution in [2.75, 3.05) is 31.0 Å². The molecule has 0 saturated carbocycles. The number of benzene rings is 3. The van der Waals surface area contributed by atoms with Gasteiger partial charge in [-0.05, 0) is 48.5 Å². The van der Waals surface area contributed by atoms with E-state index in [0.717, 1.165) is 5.69 Å². The number of nitrogens with zero attached hydrogens (tertiary/aromatic N) is 4. The minimum atomic E-state index is -1.08. The number of anilines is 3. The van der Waals surface area contributed by atoms with Crippen molar-refractivity contribution >= 4 is 46.0 Å². The molecule has 1 amide bonds. The molecule has 5 rings (SSSR count). The molecular formula is C29H25N5O5. The van der Waals surface area contributed by atoms with E-state index < -0.39 is 17.4 Å². The number of aromatic amines is 1. The smallest absolute Gasteiger partial charge is 0.335 e. The van der Waals surface area contributed by atoms with Crippen LogP contribution in [0.3, 0.4) is 0 Å². The number of para-hydroxylation sites is 1. The predicted octanol–water partition coefficient (Wildman–Crippen LogP) is 4.40. The molecule has 0 unspecified atom stereocenters. The van der Waals surface area contributed by atoms with E-state index in [1.54, 1.807) is 36.4 Å². The zero-order chi connectivity index (χ0) is 27.8. The fourth-order valence-electron chi connectivity index (χ4n) is 4.35. The Morgan fingerprint density at radius 1 is 1.00 bits per heavy atom. The van der Waals surface area contributed by atoms with Crippen LogP contribution in [0, 0.1) is 0 Å². The second kappa shape index (κ2) is 9.82. The van der Waals surface area contributed by atoms with Gasteiger partial charge in [-0.2, -0.15) is 0 Å². The number of fused-ring (bicyclic) bond motifs is 1. The number of hydrogen-bond acceptors (Lipinski definition) is 6. The number of aromatic carboxylic acids is 1. The number of ether oxygens (including phenoxy) is 1. The summed E-state index contributed by atoms with van der Waals surface area (Å²) in [5.41, 5.74) is 2.15. The monoisotopic (exact) mass is 523 g/mol. The van der Waals surface area contributed by atoms with Crippen LogP contribution < -0.4 is 20.1 Å². The highest BCUT2D eigenvalue weighted by Gasteiger charge is 2.38. The molecule has 2 N–H and O–H groups in total. The zero-order valence-electron chi connectivity index (χ0n) is 21.5. The minimum absolute atomic E-state index is 0.00766. The van der Waals surface area contributed by atoms with Gasteiger partial charge in [0.2, 0.25) is 0 Å². The highest BCUT2D eigenvalue weighted by atomic mass is 16.5. The van der Waals surface area contributed by atoms with Crippen LogP contribution >= 0.6 is 0 Å². The quantitative estimate of drug-likeness (QED) is 0.387. The maximum absolute atomic E-state index is 13.9. The van der Waals surface area contributed by atoms with Crippen molar-refractivity contribution in [1.82, 2.24) is 9.78 Å². The molecule has 0 fully saturated rings. The van der Waals surface area contributed by atoms with E-state index in [-0.39, 0.29) is 28.2 Å². The van der Waals surface area contributed by atoms with E-state index in [1.165, 1.54) is 41.0 Å². The molecule has 0 radical (unpaired) electrons. The third-order valence-electron chi connectivity index (χ3n) is 6.39. The van der Waals surface area contributed by atoms with Crippen molar-refractivity contribution < 1.29 is 19.4 Å². The molecule has 10 nitrogen and oxygen atoms in total. The lowest BCUT2D eigenvalue weighted by Gasteiger charge is -2.28. The third-order valence-corrected chi connectivity index (χ3v) is 6.39. The third kappa shape index (κ3) is 4.37. The van der Waals surface area contributed by atoms with Crippen molar-refractivity contribution in [2.24, 2.45) is 4.99 Å². The van der Waals surface area contributed by atoms with Crippen LogP contribution in [0.15, 0.2) is 89.2 Å². The van der Waals surface area contributed by atoms with E-state index >= 15 is 0 Å². The summed E-state index contributed by atoms with van der Waals surface area (Å²) in [7, 11) is 5.32. The Hall–Kier alpha value is -5.38. The molecule has 0 aliphatic carbocycles. The Labute approximate surface area is 223 Å². The maximum Gasteiger partial charge on any atom is 0.335 e. The molecule has 0 spiro atoms. The normalized spacial score (nSPS) is 13.9. The molecule has 1 aromatic heterocycles. The average Bonchev–Trinajstić information content (AvgIpc) is 3.28. The number of carboxylic acid groups (broad SMARTS) is 1. The predicted molar refractivity (Wildman–Crippen MR) is 150 cm³/mol. The van der Waals surface area contributed by atoms with Crippen molar-refractivity contribution in [1.29, 1.82) is 0 Å². The molecule has 10 heteroatoms. The van der Waals surface area contributed by atoms with Gasteiger partial charge < -0.3 is 14.7 Å². The number of H-pyrrole nitrogens is 1. The van der Waals surface area contributed by atoms with E-state index in [9.17, 15) is 19.5 Å². The van der Waals surface area contributed by atoms with Gasteiger partial charge in [-0.15, -0.1) is 0 Å². The fourth-order valence-corrected chi connectivity index (χ4v) is 4.35. The van der Waals surface area contributed by atoms with E-state index in [0.29, 0.717) is 22.8 Å². The molecule has 1 aliphatic rings. The maximum atomic E-state index is 13.9. The Balaban J connectivity index is 1.70. The molecule has 0 atom stereocenters. The van der Waals surface area contributed by atoms with Gasteiger partial charge in [0.05, 0.1) is 29.6 Å². The Morgan fingerprint density at radius 2 is 1.69 bits per heavy atom. The fraction of sp³-hybridized carbons (Fsp3) is 0.103. The number of hydrogen-bond donors (Lipinski definition) is 2. The van der Waals surface area contributed by atoms with Gasteiger partial charge in [-0.3, -0.25) is 19.6 Å². The number of carbonyl (C=O) groups excluding carboxylic acids is 1. The summed E-state index contributed by atoms with van der Waals surface area (Å²) in [5, 5.41) is 12.3. The number of aromatic nitrogens is 2. The largest absolute Gasteiger partial charge is 0.494 e. The van der Waals surface area contributed by atoms with Crippen LogP contribution in [0.25, 0.3) is 11.3 Å². The molecule has 0 bridgehead atoms. The highest BCUT2D eigenvalue weighted by Crippen LogP contribution is 2.38. The zero-order valence-corrected chi connectivity index (χ0v) is 21.5. The van der Waals surface area contributed by atoms with Gasteiger partial charge in [0.15, 0.2) is 0 Å². The summed E-state index contributed by atoms with van der Waals surface area (Å²) in [6, 6.07) is 20.1. The molecule has 196 valence electrons. The van der Waals surface area contributed by atoms with Crippen molar-refractivity contribution in [2.45, 2.75) is 0 Å². The number of methoxy groups -OCH3 is 1. The van der Waals surface area contributed by atoms with Crippen LogP contribution in [0.2, 0.25) is 0 Å². The summed E-state index contributed by atoms with van der Waals surface area (Å²) in [6.45, 7) is 4.08. The van der Waals surface area contributed by atoms with Crippen molar-refractivity contribution in [3.63, 3.8) is 0 Å². The van der Waals surface area contributed by atoms with Crippen LogP contribution in [0.1, 0.15) is 15.9 Å². The lowest BCUT2D eigenvalue weighted by atomic mass is 9.98. The second-order valence-electron chi connectivity index (χ2n) is 8.99. The molecule has 2 heterocycles. The molecule has 1 aliphatic heterocycles. The highest BCUT2D eigenvalue weighted by molar-refractivity contribution is 6.61. The summed E-state index contributed by atoms with van der Waals surface area (Å²) in [5.74, 6) is -0.871. The second-order valence-corrected chi connectivity index (χ2v) is 8.99. The van der Waals surface area contributed by atoms with Crippen LogP contribution in [0.4, 0.5) is 22.9 Å². The first kappa shape index (κ1) is 25.3. The van der Waals surface area contributed by atoms with Crippen molar-refractivity contribution in [3.8, 4) is 11.4 Å². The number of rotatable bonds is 6. The first-order valence-electron chi connectivity index (χ1n) is 11.9. The average molecular weight is 524 g/mol. The van der Waals surface area contributed by atoms with E-state index in [4.69, 9.17) is 4.74 Å². The number of amides is 1. The standard InChI is InChI=1S/C29H25N5O5/c1-17-24-26(31-34(27(24)35)20-12-10-18(11-13-20)29(37)38)33(19-8-6-5-7-9-19)28(36)25(17)30-22-15-14-21(32(2)3)16-23(22)39-4/h5-16,31H,1H2,2-4H3,(H,37,38). The summed E-state index contributed by atoms with van der Waals surface area (Å²) < 4.78 is 6.79. The van der Waals surface area contributed by atoms with Gasteiger partial charge in [0, 0.05) is 31.4 Å². The van der Waals surface area contributed by atoms with Gasteiger partial charge in [0.1, 0.15) is 23.0 Å². The minimum Gasteiger partial charge on any atom is -0.494 e. The topological polar surface area (TPSA) is 120 Å². The van der Waals surface area contributed by atoms with Gasteiger partial charge in [0.25, 0.3) is 11.5 Å². The lowest BCUT2D eigenvalue weighted by molar-refractivity contribution is -0.111. The van der Waals surface area contributed by atoms with Crippen LogP contribution in [-0.4, -0.2) is 53.7 Å². The number of carboxylic acids is 1.